The van der Waals surface area contributed by atoms with Crippen molar-refractivity contribution in [2.75, 3.05) is 50.1 Å². The van der Waals surface area contributed by atoms with Gasteiger partial charge in [0.15, 0.2) is 6.61 Å². The molecule has 8 heteroatoms. The smallest absolute Gasteiger partial charge is 0.262 e. The molecule has 1 aliphatic rings. The summed E-state index contributed by atoms with van der Waals surface area (Å²) in [6.45, 7) is 2.90. The second-order valence-electron chi connectivity index (χ2n) is 6.46. The van der Waals surface area contributed by atoms with E-state index in [4.69, 9.17) is 14.7 Å². The zero-order valence-electron chi connectivity index (χ0n) is 15.9. The van der Waals surface area contributed by atoms with Gasteiger partial charge in [0.05, 0.1) is 25.3 Å². The third-order valence-electron chi connectivity index (χ3n) is 4.29. The molecule has 8 nitrogen and oxygen atoms in total. The summed E-state index contributed by atoms with van der Waals surface area (Å²) in [6.07, 6.45) is 0. The summed E-state index contributed by atoms with van der Waals surface area (Å²) in [7, 11) is 0. The van der Waals surface area contributed by atoms with Crippen molar-refractivity contribution >= 4 is 23.2 Å². The van der Waals surface area contributed by atoms with Gasteiger partial charge < -0.3 is 20.1 Å². The quantitative estimate of drug-likeness (QED) is 0.743. The number of hydrogen-bond donors (Lipinski definition) is 2. The van der Waals surface area contributed by atoms with E-state index in [1.54, 1.807) is 48.5 Å². The highest BCUT2D eigenvalue weighted by Crippen LogP contribution is 2.17. The molecular weight excluding hydrogens is 372 g/mol. The molecule has 0 bridgehead atoms. The van der Waals surface area contributed by atoms with E-state index in [1.807, 2.05) is 11.0 Å². The number of carbonyl (C=O) groups excluding carboxylic acids is 2. The number of nitrogens with one attached hydrogen (secondary N) is 2. The molecule has 2 amide bonds. The minimum atomic E-state index is -0.346. The number of anilines is 2. The maximum atomic E-state index is 12.1. The molecule has 0 radical (unpaired) electrons. The second-order valence-corrected chi connectivity index (χ2v) is 6.46. The van der Waals surface area contributed by atoms with Gasteiger partial charge in [0.1, 0.15) is 11.8 Å². The molecule has 0 saturated carbocycles. The van der Waals surface area contributed by atoms with Gasteiger partial charge in [0.2, 0.25) is 5.91 Å². The monoisotopic (exact) mass is 394 g/mol. The van der Waals surface area contributed by atoms with Crippen molar-refractivity contribution in [3.63, 3.8) is 0 Å². The maximum Gasteiger partial charge on any atom is 0.262 e. The minimum absolute atomic E-state index is 0.0896. The van der Waals surface area contributed by atoms with Crippen LogP contribution in [-0.2, 0) is 14.3 Å². The molecule has 2 aromatic rings. The summed E-state index contributed by atoms with van der Waals surface area (Å²) in [5, 5.41) is 14.6. The lowest BCUT2D eigenvalue weighted by atomic mass is 10.2. The van der Waals surface area contributed by atoms with Crippen LogP contribution in [0.15, 0.2) is 48.5 Å². The van der Waals surface area contributed by atoms with Crippen molar-refractivity contribution in [3.8, 4) is 11.8 Å². The molecule has 0 aliphatic carbocycles. The Hall–Kier alpha value is -3.41. The molecule has 2 aromatic carbocycles. The highest BCUT2D eigenvalue weighted by atomic mass is 16.5. The summed E-state index contributed by atoms with van der Waals surface area (Å²) >= 11 is 0. The lowest BCUT2D eigenvalue weighted by Crippen LogP contribution is -2.41. The van der Waals surface area contributed by atoms with Crippen molar-refractivity contribution in [3.05, 3.63) is 54.1 Å². The molecule has 150 valence electrons. The number of hydrogen-bond acceptors (Lipinski definition) is 6. The van der Waals surface area contributed by atoms with Gasteiger partial charge in [0, 0.05) is 24.5 Å². The SMILES string of the molecule is N#Cc1ccccc1OCC(=O)Nc1ccc(NC(=O)CN2CCOCC2)cc1. The van der Waals surface area contributed by atoms with E-state index in [1.165, 1.54) is 0 Å². The molecule has 1 heterocycles. The van der Waals surface area contributed by atoms with Crippen LogP contribution in [0.5, 0.6) is 5.75 Å². The maximum absolute atomic E-state index is 12.1. The Morgan fingerprint density at radius 1 is 1.00 bits per heavy atom. The van der Waals surface area contributed by atoms with Gasteiger partial charge in [-0.15, -0.1) is 0 Å². The lowest BCUT2D eigenvalue weighted by molar-refractivity contribution is -0.119. The van der Waals surface area contributed by atoms with Crippen LogP contribution in [-0.4, -0.2) is 56.2 Å². The van der Waals surface area contributed by atoms with Crippen molar-refractivity contribution < 1.29 is 19.1 Å². The van der Waals surface area contributed by atoms with E-state index >= 15 is 0 Å². The molecule has 29 heavy (non-hydrogen) atoms. The third-order valence-corrected chi connectivity index (χ3v) is 4.29. The van der Waals surface area contributed by atoms with Crippen LogP contribution in [0.4, 0.5) is 11.4 Å². The average Bonchev–Trinajstić information content (AvgIpc) is 2.74. The lowest BCUT2D eigenvalue weighted by Gasteiger charge is -2.25. The first-order valence-electron chi connectivity index (χ1n) is 9.26. The Morgan fingerprint density at radius 2 is 1.62 bits per heavy atom. The van der Waals surface area contributed by atoms with Crippen LogP contribution in [0.25, 0.3) is 0 Å². The van der Waals surface area contributed by atoms with Crippen LogP contribution in [0.3, 0.4) is 0 Å². The van der Waals surface area contributed by atoms with Gasteiger partial charge >= 0.3 is 0 Å². The summed E-state index contributed by atoms with van der Waals surface area (Å²) in [5.41, 5.74) is 1.61. The molecule has 0 spiro atoms. The highest BCUT2D eigenvalue weighted by molar-refractivity contribution is 5.94. The number of benzene rings is 2. The predicted octanol–water partition coefficient (Wildman–Crippen LogP) is 1.85. The van der Waals surface area contributed by atoms with Gasteiger partial charge in [0.25, 0.3) is 5.91 Å². The van der Waals surface area contributed by atoms with Crippen LogP contribution in [0.1, 0.15) is 5.56 Å². The van der Waals surface area contributed by atoms with Crippen LogP contribution in [0, 0.1) is 11.3 Å². The number of amides is 2. The Bertz CT molecular complexity index is 886. The van der Waals surface area contributed by atoms with E-state index < -0.39 is 0 Å². The third kappa shape index (κ3) is 6.31. The molecule has 0 unspecified atom stereocenters. The molecular formula is C21H22N4O4. The summed E-state index contributed by atoms with van der Waals surface area (Å²) in [4.78, 5) is 26.2. The zero-order chi connectivity index (χ0) is 20.5. The van der Waals surface area contributed by atoms with Crippen molar-refractivity contribution in [1.29, 1.82) is 5.26 Å². The Labute approximate surface area is 169 Å². The topological polar surface area (TPSA) is 104 Å². The number of para-hydroxylation sites is 1. The molecule has 1 aliphatic heterocycles. The summed E-state index contributed by atoms with van der Waals surface area (Å²) in [5.74, 6) is -0.0708. The van der Waals surface area contributed by atoms with E-state index in [0.29, 0.717) is 42.4 Å². The van der Waals surface area contributed by atoms with E-state index in [-0.39, 0.29) is 18.4 Å². The van der Waals surface area contributed by atoms with Gasteiger partial charge in [-0.3, -0.25) is 14.5 Å². The largest absolute Gasteiger partial charge is 0.482 e. The molecule has 3 rings (SSSR count). The first-order chi connectivity index (χ1) is 14.1. The zero-order valence-corrected chi connectivity index (χ0v) is 15.9. The number of morpholine rings is 1. The average molecular weight is 394 g/mol. The van der Waals surface area contributed by atoms with E-state index in [9.17, 15) is 9.59 Å². The molecule has 1 fully saturated rings. The van der Waals surface area contributed by atoms with Crippen molar-refractivity contribution in [2.45, 2.75) is 0 Å². The van der Waals surface area contributed by atoms with Crippen molar-refractivity contribution in [1.82, 2.24) is 4.90 Å². The predicted molar refractivity (Wildman–Crippen MR) is 108 cm³/mol. The van der Waals surface area contributed by atoms with Crippen LogP contribution >= 0.6 is 0 Å². The highest BCUT2D eigenvalue weighted by Gasteiger charge is 2.14. The first-order valence-corrected chi connectivity index (χ1v) is 9.26. The van der Waals surface area contributed by atoms with E-state index in [0.717, 1.165) is 13.1 Å². The Balaban J connectivity index is 1.45. The van der Waals surface area contributed by atoms with Crippen molar-refractivity contribution in [2.24, 2.45) is 0 Å². The fourth-order valence-electron chi connectivity index (χ4n) is 2.83. The molecule has 0 atom stereocenters. The number of nitrogens with zero attached hydrogens (tertiary/aromatic N) is 2. The minimum Gasteiger partial charge on any atom is -0.482 e. The fourth-order valence-corrected chi connectivity index (χ4v) is 2.83. The Morgan fingerprint density at radius 3 is 2.28 bits per heavy atom. The number of carbonyl (C=O) groups is 2. The van der Waals surface area contributed by atoms with Gasteiger partial charge in [-0.25, -0.2) is 0 Å². The first kappa shape index (κ1) is 20.3. The van der Waals surface area contributed by atoms with Gasteiger partial charge in [-0.05, 0) is 36.4 Å². The normalized spacial score (nSPS) is 13.9. The van der Waals surface area contributed by atoms with Crippen LogP contribution in [0.2, 0.25) is 0 Å². The fraction of sp³-hybridized carbons (Fsp3) is 0.286. The van der Waals surface area contributed by atoms with Gasteiger partial charge in [-0.2, -0.15) is 5.26 Å². The molecule has 2 N–H and O–H groups in total. The molecule has 1 saturated heterocycles. The van der Waals surface area contributed by atoms with Crippen LogP contribution < -0.4 is 15.4 Å². The number of ether oxygens (including phenoxy) is 2. The summed E-state index contributed by atoms with van der Waals surface area (Å²) < 4.78 is 10.7. The standard InChI is InChI=1S/C21H22N4O4/c22-13-16-3-1-2-4-19(16)29-15-21(27)24-18-7-5-17(6-8-18)23-20(26)14-25-9-11-28-12-10-25/h1-8H,9-12,14-15H2,(H,23,26)(H,24,27). The number of nitriles is 1. The van der Waals surface area contributed by atoms with E-state index in [2.05, 4.69) is 10.6 Å². The molecule has 0 aromatic heterocycles. The van der Waals surface area contributed by atoms with Gasteiger partial charge in [-0.1, -0.05) is 12.1 Å². The number of rotatable bonds is 7. The second kappa shape index (κ2) is 10.2. The Kier molecular flexibility index (Phi) is 7.16. The summed E-state index contributed by atoms with van der Waals surface area (Å²) in [6, 6.07) is 15.6.